The number of carbonyl (C=O) groups is 1. The highest BCUT2D eigenvalue weighted by molar-refractivity contribution is 5.79. The maximum absolute atomic E-state index is 11.1. The zero-order chi connectivity index (χ0) is 11.4. The summed E-state index contributed by atoms with van der Waals surface area (Å²) >= 11 is 0. The van der Waals surface area contributed by atoms with Gasteiger partial charge in [0.15, 0.2) is 0 Å². The van der Waals surface area contributed by atoms with Crippen LogP contribution in [0.3, 0.4) is 0 Å². The van der Waals surface area contributed by atoms with Crippen molar-refractivity contribution in [2.45, 2.75) is 32.6 Å². The second-order valence-corrected chi connectivity index (χ2v) is 4.73. The molecule has 2 nitrogen and oxygen atoms in total. The molecular weight excluding hydrogens is 198 g/mol. The highest BCUT2D eigenvalue weighted by Gasteiger charge is 2.18. The average molecular weight is 217 g/mol. The van der Waals surface area contributed by atoms with E-state index in [-0.39, 0.29) is 0 Å². The van der Waals surface area contributed by atoms with Crippen molar-refractivity contribution < 1.29 is 4.79 Å². The van der Waals surface area contributed by atoms with E-state index in [2.05, 4.69) is 36.5 Å². The van der Waals surface area contributed by atoms with Gasteiger partial charge in [0, 0.05) is 25.1 Å². The molecule has 1 saturated carbocycles. The molecule has 0 unspecified atom stereocenters. The molecule has 0 radical (unpaired) electrons. The molecule has 16 heavy (non-hydrogen) atoms. The van der Waals surface area contributed by atoms with E-state index in [1.54, 1.807) is 0 Å². The third kappa shape index (κ3) is 3.09. The maximum Gasteiger partial charge on any atom is 0.132 e. The molecule has 0 bridgehead atoms. The van der Waals surface area contributed by atoms with Crippen LogP contribution < -0.4 is 5.32 Å². The number of benzene rings is 1. The molecule has 1 aromatic rings. The van der Waals surface area contributed by atoms with Crippen LogP contribution in [0.25, 0.3) is 0 Å². The van der Waals surface area contributed by atoms with Crippen LogP contribution in [0.5, 0.6) is 0 Å². The summed E-state index contributed by atoms with van der Waals surface area (Å²) in [7, 11) is 0. The highest BCUT2D eigenvalue weighted by atomic mass is 16.1. The van der Waals surface area contributed by atoms with E-state index in [4.69, 9.17) is 0 Å². The molecule has 2 rings (SSSR count). The van der Waals surface area contributed by atoms with Crippen molar-refractivity contribution >= 4 is 11.5 Å². The monoisotopic (exact) mass is 217 g/mol. The maximum atomic E-state index is 11.1. The van der Waals surface area contributed by atoms with Crippen molar-refractivity contribution in [1.29, 1.82) is 0 Å². The Bertz CT molecular complexity index is 363. The van der Waals surface area contributed by atoms with Gasteiger partial charge in [-0.2, -0.15) is 0 Å². The van der Waals surface area contributed by atoms with E-state index in [9.17, 15) is 4.79 Å². The number of aryl methyl sites for hydroxylation is 1. The molecule has 1 fully saturated rings. The zero-order valence-electron chi connectivity index (χ0n) is 9.83. The molecule has 1 aromatic carbocycles. The molecule has 0 amide bonds. The van der Waals surface area contributed by atoms with Gasteiger partial charge in [0.25, 0.3) is 0 Å². The van der Waals surface area contributed by atoms with Crippen molar-refractivity contribution in [2.75, 3.05) is 11.9 Å². The van der Waals surface area contributed by atoms with Crippen LogP contribution in [0.1, 0.15) is 31.2 Å². The molecule has 0 aromatic heterocycles. The van der Waals surface area contributed by atoms with Crippen molar-refractivity contribution in [3.05, 3.63) is 29.8 Å². The quantitative estimate of drug-likeness (QED) is 0.842. The first-order valence-corrected chi connectivity index (χ1v) is 6.06. The van der Waals surface area contributed by atoms with Gasteiger partial charge in [-0.25, -0.2) is 0 Å². The Kier molecular flexibility index (Phi) is 3.60. The predicted octanol–water partition coefficient (Wildman–Crippen LogP) is 3.17. The van der Waals surface area contributed by atoms with Gasteiger partial charge >= 0.3 is 0 Å². The number of carbonyl (C=O) groups excluding carboxylic acids is 1. The molecule has 0 saturated heterocycles. The van der Waals surface area contributed by atoms with Crippen LogP contribution in [0.4, 0.5) is 5.69 Å². The van der Waals surface area contributed by atoms with Crippen LogP contribution in [-0.2, 0) is 4.79 Å². The van der Waals surface area contributed by atoms with Gasteiger partial charge in [-0.1, -0.05) is 12.1 Å². The lowest BCUT2D eigenvalue weighted by molar-refractivity contribution is -0.120. The molecule has 1 aliphatic rings. The number of rotatable bonds is 3. The lowest BCUT2D eigenvalue weighted by Gasteiger charge is -2.21. The Morgan fingerprint density at radius 2 is 2.06 bits per heavy atom. The third-order valence-electron chi connectivity index (χ3n) is 3.28. The summed E-state index contributed by atoms with van der Waals surface area (Å²) in [6, 6.07) is 8.43. The van der Waals surface area contributed by atoms with Gasteiger partial charge in [-0.15, -0.1) is 0 Å². The first-order valence-electron chi connectivity index (χ1n) is 6.06. The van der Waals surface area contributed by atoms with Crippen molar-refractivity contribution in [1.82, 2.24) is 0 Å². The Labute approximate surface area is 97.1 Å². The fourth-order valence-electron chi connectivity index (χ4n) is 2.22. The van der Waals surface area contributed by atoms with E-state index >= 15 is 0 Å². The van der Waals surface area contributed by atoms with E-state index in [1.807, 2.05) is 0 Å². The fraction of sp³-hybridized carbons (Fsp3) is 0.500. The summed E-state index contributed by atoms with van der Waals surface area (Å²) in [6.07, 6.45) is 3.66. The molecule has 1 aliphatic carbocycles. The van der Waals surface area contributed by atoms with Crippen molar-refractivity contribution in [2.24, 2.45) is 5.92 Å². The SMILES string of the molecule is Cc1cccc(NCC2CCC(=O)CC2)c1. The van der Waals surface area contributed by atoms with Gasteiger partial charge in [0.2, 0.25) is 0 Å². The topological polar surface area (TPSA) is 29.1 Å². The molecule has 1 N–H and O–H groups in total. The number of hydrogen-bond donors (Lipinski definition) is 1. The Hall–Kier alpha value is -1.31. The van der Waals surface area contributed by atoms with Crippen LogP contribution in [0, 0.1) is 12.8 Å². The lowest BCUT2D eigenvalue weighted by Crippen LogP contribution is -2.21. The summed E-state index contributed by atoms with van der Waals surface area (Å²) in [6.45, 7) is 3.10. The number of ketones is 1. The predicted molar refractivity (Wildman–Crippen MR) is 66.6 cm³/mol. The smallest absolute Gasteiger partial charge is 0.132 e. The second-order valence-electron chi connectivity index (χ2n) is 4.73. The van der Waals surface area contributed by atoms with E-state index in [1.165, 1.54) is 11.3 Å². The molecule has 0 spiro atoms. The molecule has 86 valence electrons. The van der Waals surface area contributed by atoms with Crippen LogP contribution >= 0.6 is 0 Å². The first-order chi connectivity index (χ1) is 7.74. The van der Waals surface area contributed by atoms with Gasteiger partial charge < -0.3 is 5.32 Å². The van der Waals surface area contributed by atoms with Crippen molar-refractivity contribution in [3.63, 3.8) is 0 Å². The largest absolute Gasteiger partial charge is 0.385 e. The normalized spacial score (nSPS) is 17.4. The van der Waals surface area contributed by atoms with E-state index < -0.39 is 0 Å². The average Bonchev–Trinajstić information content (AvgIpc) is 2.28. The van der Waals surface area contributed by atoms with E-state index in [0.29, 0.717) is 11.7 Å². The van der Waals surface area contributed by atoms with Gasteiger partial charge in [0.05, 0.1) is 0 Å². The number of anilines is 1. The van der Waals surface area contributed by atoms with Gasteiger partial charge in [-0.05, 0) is 43.4 Å². The minimum Gasteiger partial charge on any atom is -0.385 e. The molecule has 0 atom stereocenters. The molecule has 0 aliphatic heterocycles. The second kappa shape index (κ2) is 5.15. The minimum absolute atomic E-state index is 0.437. The number of Topliss-reactive ketones (excluding diaryl/α,β-unsaturated/α-hetero) is 1. The summed E-state index contributed by atoms with van der Waals surface area (Å²) < 4.78 is 0. The van der Waals surface area contributed by atoms with Gasteiger partial charge in [-0.3, -0.25) is 4.79 Å². The molecule has 0 heterocycles. The van der Waals surface area contributed by atoms with Crippen LogP contribution in [-0.4, -0.2) is 12.3 Å². The summed E-state index contributed by atoms with van der Waals surface area (Å²) in [5.74, 6) is 1.10. The Morgan fingerprint density at radius 1 is 1.31 bits per heavy atom. The first kappa shape index (κ1) is 11.2. The van der Waals surface area contributed by atoms with E-state index in [0.717, 1.165) is 32.2 Å². The van der Waals surface area contributed by atoms with Gasteiger partial charge in [0.1, 0.15) is 5.78 Å². The Balaban J connectivity index is 1.81. The Morgan fingerprint density at radius 3 is 2.75 bits per heavy atom. The summed E-state index contributed by atoms with van der Waals surface area (Å²) in [4.78, 5) is 11.1. The summed E-state index contributed by atoms with van der Waals surface area (Å²) in [5.41, 5.74) is 2.47. The minimum atomic E-state index is 0.437. The summed E-state index contributed by atoms with van der Waals surface area (Å²) in [5, 5.41) is 3.46. The van der Waals surface area contributed by atoms with Crippen LogP contribution in [0.2, 0.25) is 0 Å². The zero-order valence-corrected chi connectivity index (χ0v) is 9.83. The van der Waals surface area contributed by atoms with Crippen molar-refractivity contribution in [3.8, 4) is 0 Å². The number of nitrogens with one attached hydrogen (secondary N) is 1. The highest BCUT2D eigenvalue weighted by Crippen LogP contribution is 2.22. The fourth-order valence-corrected chi connectivity index (χ4v) is 2.22. The standard InChI is InChI=1S/C14H19NO/c1-11-3-2-4-13(9-11)15-10-12-5-7-14(16)8-6-12/h2-4,9,12,15H,5-8,10H2,1H3. The van der Waals surface area contributed by atoms with Crippen LogP contribution in [0.15, 0.2) is 24.3 Å². The molecular formula is C14H19NO. The number of hydrogen-bond acceptors (Lipinski definition) is 2. The third-order valence-corrected chi connectivity index (χ3v) is 3.28. The lowest BCUT2D eigenvalue weighted by atomic mass is 9.88. The molecule has 2 heteroatoms.